The quantitative estimate of drug-likeness (QED) is 0.231. The summed E-state index contributed by atoms with van der Waals surface area (Å²) in [6, 6.07) is 15.1. The summed E-state index contributed by atoms with van der Waals surface area (Å²) >= 11 is 1.21. The van der Waals surface area contributed by atoms with Gasteiger partial charge in [-0.1, -0.05) is 42.5 Å². The van der Waals surface area contributed by atoms with E-state index in [1.54, 1.807) is 6.07 Å². The van der Waals surface area contributed by atoms with Gasteiger partial charge in [-0.05, 0) is 54.4 Å². The zero-order chi connectivity index (χ0) is 24.0. The molecule has 5 rings (SSSR count). The Morgan fingerprint density at radius 1 is 1.06 bits per heavy atom. The molecular weight excluding hydrogens is 458 g/mol. The number of hydrogen-bond donors (Lipinski definition) is 1. The number of aryl methyl sites for hydroxylation is 1. The van der Waals surface area contributed by atoms with Crippen LogP contribution in [0.1, 0.15) is 29.7 Å². The van der Waals surface area contributed by atoms with E-state index in [4.69, 9.17) is 0 Å². The third-order valence-electron chi connectivity index (χ3n) is 5.82. The Bertz CT molecular complexity index is 1480. The number of hydrogen-bond acceptors (Lipinski definition) is 5. The average Bonchev–Trinajstić information content (AvgIpc) is 3.37. The van der Waals surface area contributed by atoms with Crippen molar-refractivity contribution in [2.75, 3.05) is 4.90 Å². The second kappa shape index (κ2) is 8.46. The summed E-state index contributed by atoms with van der Waals surface area (Å²) in [7, 11) is 0. The summed E-state index contributed by atoms with van der Waals surface area (Å²) < 4.78 is 29.2. The number of nitrogens with zero attached hydrogens (tertiary/aromatic N) is 2. The summed E-state index contributed by atoms with van der Waals surface area (Å²) in [6.45, 7) is 2.02. The maximum atomic E-state index is 15.0. The molecule has 1 N–H and O–H groups in total. The van der Waals surface area contributed by atoms with Crippen LogP contribution in [0.3, 0.4) is 0 Å². The van der Waals surface area contributed by atoms with Crippen molar-refractivity contribution in [3.8, 4) is 0 Å². The van der Waals surface area contributed by atoms with Gasteiger partial charge in [0.2, 0.25) is 0 Å². The van der Waals surface area contributed by atoms with E-state index in [0.29, 0.717) is 5.52 Å². The summed E-state index contributed by atoms with van der Waals surface area (Å²) in [5, 5.41) is 11.2. The molecule has 170 valence electrons. The number of amides is 1. The number of carbonyl (C=O) groups excluding carboxylic acids is 2. The van der Waals surface area contributed by atoms with Crippen LogP contribution >= 0.6 is 11.3 Å². The van der Waals surface area contributed by atoms with E-state index in [0.717, 1.165) is 33.7 Å². The minimum Gasteiger partial charge on any atom is -0.507 e. The molecular formula is C26H18F2N2O3S. The topological polar surface area (TPSA) is 70.5 Å². The van der Waals surface area contributed by atoms with Gasteiger partial charge >= 0.3 is 5.91 Å². The second-order valence-corrected chi connectivity index (χ2v) is 8.86. The van der Waals surface area contributed by atoms with E-state index < -0.39 is 35.1 Å². The lowest BCUT2D eigenvalue weighted by Gasteiger charge is -2.23. The van der Waals surface area contributed by atoms with Crippen LogP contribution in [-0.2, 0) is 16.0 Å². The van der Waals surface area contributed by atoms with Crippen LogP contribution in [0, 0.1) is 11.6 Å². The van der Waals surface area contributed by atoms with Crippen molar-refractivity contribution >= 4 is 44.1 Å². The van der Waals surface area contributed by atoms with Gasteiger partial charge in [0.15, 0.2) is 5.13 Å². The lowest BCUT2D eigenvalue weighted by Crippen LogP contribution is -2.29. The number of fused-ring (bicyclic) bond motifs is 1. The normalized spacial score (nSPS) is 17.6. The Morgan fingerprint density at radius 2 is 1.79 bits per heavy atom. The minimum absolute atomic E-state index is 0.0406. The highest BCUT2D eigenvalue weighted by atomic mass is 32.1. The third-order valence-corrected chi connectivity index (χ3v) is 6.84. The molecule has 0 saturated carbocycles. The lowest BCUT2D eigenvalue weighted by molar-refractivity contribution is -0.132. The molecule has 1 aliphatic heterocycles. The van der Waals surface area contributed by atoms with Gasteiger partial charge < -0.3 is 5.11 Å². The van der Waals surface area contributed by atoms with Gasteiger partial charge in [-0.3, -0.25) is 14.5 Å². The molecule has 3 aromatic carbocycles. The molecule has 5 nitrogen and oxygen atoms in total. The van der Waals surface area contributed by atoms with Gasteiger partial charge in [-0.2, -0.15) is 0 Å². The van der Waals surface area contributed by atoms with Crippen LogP contribution in [-0.4, -0.2) is 21.8 Å². The zero-order valence-electron chi connectivity index (χ0n) is 18.0. The van der Waals surface area contributed by atoms with Gasteiger partial charge in [0.25, 0.3) is 5.78 Å². The summed E-state index contributed by atoms with van der Waals surface area (Å²) in [5.41, 5.74) is 1.63. The molecule has 0 aliphatic carbocycles. The maximum Gasteiger partial charge on any atom is 0.301 e. The molecule has 1 saturated heterocycles. The first kappa shape index (κ1) is 21.9. The molecule has 34 heavy (non-hydrogen) atoms. The molecule has 0 spiro atoms. The lowest BCUT2D eigenvalue weighted by atomic mass is 9.95. The van der Waals surface area contributed by atoms with E-state index in [-0.39, 0.29) is 21.8 Å². The Kier molecular flexibility index (Phi) is 5.45. The Morgan fingerprint density at radius 3 is 2.50 bits per heavy atom. The zero-order valence-corrected chi connectivity index (χ0v) is 18.8. The number of benzene rings is 3. The molecule has 1 atom stereocenters. The Hall–Kier alpha value is -3.91. The largest absolute Gasteiger partial charge is 0.507 e. The number of Topliss-reactive ketones (excluding diaryl/α,β-unsaturated/α-hetero) is 1. The van der Waals surface area contributed by atoms with Crippen molar-refractivity contribution in [2.45, 2.75) is 19.4 Å². The SMILES string of the molecule is CCc1ccc2nc(N3C(=O)C(=O)/C(=C(/O)c4ccc(F)cc4)[C@H]3c3ccccc3F)sc2c1. The van der Waals surface area contributed by atoms with Gasteiger partial charge in [-0.25, -0.2) is 13.8 Å². The Labute approximate surface area is 197 Å². The molecule has 1 fully saturated rings. The van der Waals surface area contributed by atoms with Gasteiger partial charge in [0, 0.05) is 11.1 Å². The van der Waals surface area contributed by atoms with Crippen molar-refractivity contribution in [2.24, 2.45) is 0 Å². The minimum atomic E-state index is -1.24. The molecule has 1 amide bonds. The van der Waals surface area contributed by atoms with E-state index in [1.165, 1.54) is 41.7 Å². The first-order chi connectivity index (χ1) is 16.4. The monoisotopic (exact) mass is 476 g/mol. The van der Waals surface area contributed by atoms with Crippen LogP contribution in [0.15, 0.2) is 72.3 Å². The van der Waals surface area contributed by atoms with Gasteiger partial charge in [0.05, 0.1) is 15.8 Å². The van der Waals surface area contributed by atoms with E-state index in [2.05, 4.69) is 4.98 Å². The van der Waals surface area contributed by atoms with Crippen molar-refractivity contribution in [1.82, 2.24) is 4.98 Å². The van der Waals surface area contributed by atoms with Crippen LogP contribution in [0.2, 0.25) is 0 Å². The molecule has 2 heterocycles. The molecule has 1 aromatic heterocycles. The van der Waals surface area contributed by atoms with Crippen LogP contribution in [0.25, 0.3) is 16.0 Å². The van der Waals surface area contributed by atoms with E-state index in [1.807, 2.05) is 25.1 Å². The number of anilines is 1. The number of halogens is 2. The predicted molar refractivity (Wildman–Crippen MR) is 127 cm³/mol. The molecule has 0 bridgehead atoms. The van der Waals surface area contributed by atoms with Crippen LogP contribution in [0.4, 0.5) is 13.9 Å². The number of ketones is 1. The van der Waals surface area contributed by atoms with Crippen molar-refractivity contribution in [1.29, 1.82) is 0 Å². The number of thiazole rings is 1. The maximum absolute atomic E-state index is 15.0. The molecule has 4 aromatic rings. The van der Waals surface area contributed by atoms with Crippen molar-refractivity contribution in [3.05, 3.63) is 101 Å². The van der Waals surface area contributed by atoms with E-state index in [9.17, 15) is 23.5 Å². The predicted octanol–water partition coefficient (Wildman–Crippen LogP) is 5.76. The van der Waals surface area contributed by atoms with Crippen molar-refractivity contribution in [3.63, 3.8) is 0 Å². The highest BCUT2D eigenvalue weighted by molar-refractivity contribution is 7.22. The van der Waals surface area contributed by atoms with E-state index >= 15 is 0 Å². The fourth-order valence-electron chi connectivity index (χ4n) is 4.06. The smallest absolute Gasteiger partial charge is 0.301 e. The Balaban J connectivity index is 1.73. The standard InChI is InChI=1S/C26H18F2N2O3S/c1-2-14-7-12-19-20(13-14)34-26(29-19)30-22(17-5-3-4-6-18(17)28)21(24(32)25(30)33)23(31)15-8-10-16(27)11-9-15/h3-13,22,31H,2H2,1H3/b23-21+/t22-/m1/s1. The molecule has 1 aliphatic rings. The first-order valence-electron chi connectivity index (χ1n) is 10.6. The number of aliphatic hydroxyl groups is 1. The molecule has 0 unspecified atom stereocenters. The molecule has 0 radical (unpaired) electrons. The van der Waals surface area contributed by atoms with Gasteiger partial charge in [-0.15, -0.1) is 0 Å². The first-order valence-corrected chi connectivity index (χ1v) is 11.4. The highest BCUT2D eigenvalue weighted by Crippen LogP contribution is 2.45. The average molecular weight is 477 g/mol. The summed E-state index contributed by atoms with van der Waals surface area (Å²) in [6.07, 6.45) is 0.820. The van der Waals surface area contributed by atoms with Crippen LogP contribution in [0.5, 0.6) is 0 Å². The highest BCUT2D eigenvalue weighted by Gasteiger charge is 2.49. The number of rotatable bonds is 4. The second-order valence-electron chi connectivity index (χ2n) is 7.85. The number of carbonyl (C=O) groups is 2. The van der Waals surface area contributed by atoms with Gasteiger partial charge in [0.1, 0.15) is 23.4 Å². The molecule has 8 heteroatoms. The van der Waals surface area contributed by atoms with Crippen molar-refractivity contribution < 1.29 is 23.5 Å². The fourth-order valence-corrected chi connectivity index (χ4v) is 5.12. The fraction of sp³-hybridized carbons (Fsp3) is 0.115. The van der Waals surface area contributed by atoms with Crippen LogP contribution < -0.4 is 4.90 Å². The third kappa shape index (κ3) is 3.56. The summed E-state index contributed by atoms with van der Waals surface area (Å²) in [4.78, 5) is 32.0. The summed E-state index contributed by atoms with van der Waals surface area (Å²) in [5.74, 6) is -3.57. The number of aliphatic hydroxyl groups excluding tert-OH is 1. The number of aromatic nitrogens is 1.